The number of para-hydroxylation sites is 2. The molecule has 0 aliphatic heterocycles. The molecule has 3 N–H and O–H groups in total. The van der Waals surface area contributed by atoms with Crippen LogP contribution in [0.1, 0.15) is 10.4 Å². The maximum Gasteiger partial charge on any atom is 0.264 e. The minimum absolute atomic E-state index is 0.0138. The van der Waals surface area contributed by atoms with E-state index >= 15 is 0 Å². The van der Waals surface area contributed by atoms with E-state index in [0.29, 0.717) is 10.5 Å². The summed E-state index contributed by atoms with van der Waals surface area (Å²) in [6.07, 6.45) is 2.29. The van der Waals surface area contributed by atoms with E-state index in [1.54, 1.807) is 6.07 Å². The van der Waals surface area contributed by atoms with Gasteiger partial charge in [-0.2, -0.15) is 4.73 Å². The fraction of sp³-hybridized carbons (Fsp3) is 0.0952. The van der Waals surface area contributed by atoms with Crippen molar-refractivity contribution in [2.45, 2.75) is 4.90 Å². The van der Waals surface area contributed by atoms with Crippen LogP contribution in [-0.4, -0.2) is 39.1 Å². The van der Waals surface area contributed by atoms with Crippen molar-refractivity contribution in [3.63, 3.8) is 0 Å². The molecule has 0 saturated heterocycles. The zero-order valence-electron chi connectivity index (χ0n) is 17.3. The number of amides is 2. The average molecular weight is 472 g/mol. The first-order chi connectivity index (χ1) is 15.8. The molecule has 3 aromatic rings. The lowest BCUT2D eigenvalue weighted by Crippen LogP contribution is -2.40. The highest BCUT2D eigenvalue weighted by Crippen LogP contribution is 2.31. The Kier molecular flexibility index (Phi) is 7.10. The van der Waals surface area contributed by atoms with Gasteiger partial charge in [-0.05, 0) is 36.4 Å². The van der Waals surface area contributed by atoms with Crippen molar-refractivity contribution in [1.29, 1.82) is 0 Å². The van der Waals surface area contributed by atoms with Gasteiger partial charge < -0.3 is 15.3 Å². The molecule has 0 spiro atoms. The summed E-state index contributed by atoms with van der Waals surface area (Å²) < 4.78 is 33.1. The Bertz CT molecular complexity index is 1250. The number of rotatable bonds is 8. The van der Waals surface area contributed by atoms with Crippen LogP contribution in [0.25, 0.3) is 0 Å². The topological polar surface area (TPSA) is 152 Å². The van der Waals surface area contributed by atoms with Crippen molar-refractivity contribution in [3.8, 4) is 5.75 Å². The minimum Gasteiger partial charge on any atom is -0.619 e. The molecule has 0 saturated carbocycles. The largest absolute Gasteiger partial charge is 0.619 e. The van der Waals surface area contributed by atoms with Gasteiger partial charge in [-0.15, -0.1) is 0 Å². The van der Waals surface area contributed by atoms with Crippen molar-refractivity contribution >= 4 is 33.2 Å². The Balaban J connectivity index is 2.03. The molecule has 1 heterocycles. The molecule has 0 aliphatic carbocycles. The highest BCUT2D eigenvalue weighted by atomic mass is 32.2. The van der Waals surface area contributed by atoms with Crippen LogP contribution >= 0.6 is 0 Å². The summed E-state index contributed by atoms with van der Waals surface area (Å²) in [7, 11) is -2.87. The molecule has 11 nitrogen and oxygen atoms in total. The zero-order valence-corrected chi connectivity index (χ0v) is 18.2. The van der Waals surface area contributed by atoms with E-state index in [4.69, 9.17) is 9.94 Å². The SMILES string of the molecule is COc1ccc(S(=O)(=O)N(CC(=O)NO)c2ccccc2NC(=O)c2cc[n+]([O-])cc2)cc1. The number of pyridine rings is 1. The number of hydrogen-bond acceptors (Lipinski definition) is 7. The smallest absolute Gasteiger partial charge is 0.264 e. The fourth-order valence-electron chi connectivity index (χ4n) is 2.90. The maximum atomic E-state index is 13.4. The van der Waals surface area contributed by atoms with Crippen LogP contribution in [0, 0.1) is 5.21 Å². The van der Waals surface area contributed by atoms with Crippen LogP contribution in [-0.2, 0) is 14.8 Å². The summed E-state index contributed by atoms with van der Waals surface area (Å²) in [4.78, 5) is 24.5. The van der Waals surface area contributed by atoms with Crippen molar-refractivity contribution in [3.05, 3.63) is 83.8 Å². The maximum absolute atomic E-state index is 13.4. The number of carbonyl (C=O) groups excluding carboxylic acids is 2. The predicted molar refractivity (Wildman–Crippen MR) is 117 cm³/mol. The fourth-order valence-corrected chi connectivity index (χ4v) is 4.34. The Morgan fingerprint density at radius 3 is 2.30 bits per heavy atom. The standard InChI is InChI=1S/C21H20N4O7S/c1-32-16-6-8-17(9-7-16)33(30,31)25(14-20(26)23-28)19-5-3-2-4-18(19)22-21(27)15-10-12-24(29)13-11-15/h2-13,28H,14H2,1H3,(H,22,27)(H,23,26). The number of hydrogen-bond donors (Lipinski definition) is 3. The number of anilines is 2. The monoisotopic (exact) mass is 472 g/mol. The Morgan fingerprint density at radius 2 is 1.70 bits per heavy atom. The first kappa shape index (κ1) is 23.5. The van der Waals surface area contributed by atoms with Crippen LogP contribution in [0.5, 0.6) is 5.75 Å². The number of ether oxygens (including phenoxy) is 1. The number of methoxy groups -OCH3 is 1. The van der Waals surface area contributed by atoms with Gasteiger partial charge >= 0.3 is 0 Å². The Hall–Kier alpha value is -4.16. The number of sulfonamides is 1. The van der Waals surface area contributed by atoms with Gasteiger partial charge in [0.2, 0.25) is 0 Å². The summed E-state index contributed by atoms with van der Waals surface area (Å²) in [6.45, 7) is -0.765. The van der Waals surface area contributed by atoms with Gasteiger partial charge in [-0.25, -0.2) is 13.9 Å². The Labute approximate surface area is 189 Å². The molecule has 2 aromatic carbocycles. The van der Waals surface area contributed by atoms with E-state index in [9.17, 15) is 23.2 Å². The number of benzene rings is 2. The highest BCUT2D eigenvalue weighted by molar-refractivity contribution is 7.92. The molecule has 2 amide bonds. The van der Waals surface area contributed by atoms with Gasteiger partial charge in [0.1, 0.15) is 12.3 Å². The number of aromatic nitrogens is 1. The Morgan fingerprint density at radius 1 is 1.06 bits per heavy atom. The lowest BCUT2D eigenvalue weighted by Gasteiger charge is -2.26. The molecule has 1 aromatic heterocycles. The minimum atomic E-state index is -4.30. The van der Waals surface area contributed by atoms with Gasteiger partial charge in [0.25, 0.3) is 21.8 Å². The summed E-state index contributed by atoms with van der Waals surface area (Å²) in [5.74, 6) is -1.16. The third kappa shape index (κ3) is 5.37. The number of nitrogens with zero attached hydrogens (tertiary/aromatic N) is 2. The van der Waals surface area contributed by atoms with Crippen molar-refractivity contribution < 1.29 is 32.7 Å². The van der Waals surface area contributed by atoms with E-state index < -0.39 is 28.4 Å². The molecule has 0 fully saturated rings. The van der Waals surface area contributed by atoms with Crippen molar-refractivity contribution in [1.82, 2.24) is 5.48 Å². The summed E-state index contributed by atoms with van der Waals surface area (Å²) in [5, 5.41) is 22.8. The predicted octanol–water partition coefficient (Wildman–Crippen LogP) is 1.28. The van der Waals surface area contributed by atoms with Gasteiger partial charge in [-0.1, -0.05) is 12.1 Å². The van der Waals surface area contributed by atoms with Crippen molar-refractivity contribution in [2.24, 2.45) is 0 Å². The lowest BCUT2D eigenvalue weighted by molar-refractivity contribution is -0.605. The van der Waals surface area contributed by atoms with Gasteiger partial charge in [0.15, 0.2) is 12.4 Å². The third-order valence-electron chi connectivity index (χ3n) is 4.54. The van der Waals surface area contributed by atoms with E-state index in [2.05, 4.69) is 5.32 Å². The first-order valence-electron chi connectivity index (χ1n) is 9.45. The summed E-state index contributed by atoms with van der Waals surface area (Å²) >= 11 is 0. The normalized spacial score (nSPS) is 10.8. The second-order valence-corrected chi connectivity index (χ2v) is 8.50. The number of nitrogens with one attached hydrogen (secondary N) is 2. The molecular weight excluding hydrogens is 452 g/mol. The molecule has 3 rings (SSSR count). The van der Waals surface area contributed by atoms with Gasteiger partial charge in [0, 0.05) is 12.1 Å². The lowest BCUT2D eigenvalue weighted by atomic mass is 10.2. The van der Waals surface area contributed by atoms with Gasteiger partial charge in [0.05, 0.1) is 28.9 Å². The second kappa shape index (κ2) is 9.97. The van der Waals surface area contributed by atoms with E-state index in [1.807, 2.05) is 0 Å². The number of hydroxylamine groups is 1. The van der Waals surface area contributed by atoms with Crippen LogP contribution in [0.3, 0.4) is 0 Å². The van der Waals surface area contributed by atoms with Crippen molar-refractivity contribution in [2.75, 3.05) is 23.3 Å². The molecule has 0 bridgehead atoms. The van der Waals surface area contributed by atoms with Crippen LogP contribution in [0.4, 0.5) is 11.4 Å². The summed E-state index contributed by atoms with van der Waals surface area (Å²) in [5.41, 5.74) is 1.65. The second-order valence-electron chi connectivity index (χ2n) is 6.64. The molecule has 172 valence electrons. The first-order valence-corrected chi connectivity index (χ1v) is 10.9. The van der Waals surface area contributed by atoms with Gasteiger partial charge in [-0.3, -0.25) is 19.1 Å². The summed E-state index contributed by atoms with van der Waals surface area (Å²) in [6, 6.07) is 14.1. The third-order valence-corrected chi connectivity index (χ3v) is 6.32. The van der Waals surface area contributed by atoms with E-state index in [0.717, 1.165) is 16.7 Å². The molecule has 12 heteroatoms. The van der Waals surface area contributed by atoms with Crippen LogP contribution < -0.4 is 24.6 Å². The van der Waals surface area contributed by atoms with Crippen LogP contribution in [0.2, 0.25) is 0 Å². The molecular formula is C21H20N4O7S. The number of carbonyl (C=O) groups is 2. The molecule has 33 heavy (non-hydrogen) atoms. The van der Waals surface area contributed by atoms with E-state index in [-0.39, 0.29) is 21.8 Å². The molecule has 0 atom stereocenters. The van der Waals surface area contributed by atoms with Crippen LogP contribution in [0.15, 0.2) is 78.0 Å². The highest BCUT2D eigenvalue weighted by Gasteiger charge is 2.29. The quantitative estimate of drug-likeness (QED) is 0.193. The molecule has 0 radical (unpaired) electrons. The van der Waals surface area contributed by atoms with E-state index in [1.165, 1.54) is 67.2 Å². The average Bonchev–Trinajstić information content (AvgIpc) is 2.83. The molecule has 0 unspecified atom stereocenters. The zero-order chi connectivity index (χ0) is 24.0. The molecule has 0 aliphatic rings.